The number of aromatic nitrogens is 1. The molecule has 2 N–H and O–H groups in total. The average Bonchev–Trinajstić information content (AvgIpc) is 3.08. The summed E-state index contributed by atoms with van der Waals surface area (Å²) >= 11 is 0. The third-order valence-electron chi connectivity index (χ3n) is 9.45. The number of halogens is 2. The van der Waals surface area contributed by atoms with Crippen LogP contribution in [0.25, 0.3) is 11.1 Å². The Hall–Kier alpha value is -4.34. The molecule has 1 aliphatic heterocycles. The first-order chi connectivity index (χ1) is 24.9. The Morgan fingerprint density at radius 2 is 1.43 bits per heavy atom. The summed E-state index contributed by atoms with van der Waals surface area (Å²) in [5.74, 6) is -0.879. The number of benzene rings is 3. The highest BCUT2D eigenvalue weighted by molar-refractivity contribution is 5.87. The van der Waals surface area contributed by atoms with Crippen LogP contribution in [0.2, 0.25) is 0 Å². The van der Waals surface area contributed by atoms with Gasteiger partial charge in [0.15, 0.2) is 0 Å². The Balaban J connectivity index is 0.00000117. The van der Waals surface area contributed by atoms with Crippen molar-refractivity contribution < 1.29 is 28.5 Å². The zero-order chi connectivity index (χ0) is 38.9. The predicted molar refractivity (Wildman–Crippen MR) is 210 cm³/mol. The largest absolute Gasteiger partial charge is 0.466 e. The van der Waals surface area contributed by atoms with E-state index in [0.29, 0.717) is 26.0 Å². The summed E-state index contributed by atoms with van der Waals surface area (Å²) in [6.45, 7) is 18.2. The summed E-state index contributed by atoms with van der Waals surface area (Å²) in [6.07, 6.45) is 2.25. The summed E-state index contributed by atoms with van der Waals surface area (Å²) in [7, 11) is 0. The summed E-state index contributed by atoms with van der Waals surface area (Å²) < 4.78 is 32.5. The molecule has 0 saturated carbocycles. The zero-order valence-electron chi connectivity index (χ0n) is 32.7. The van der Waals surface area contributed by atoms with Crippen molar-refractivity contribution in [1.29, 1.82) is 0 Å². The van der Waals surface area contributed by atoms with E-state index in [1.165, 1.54) is 24.3 Å². The second-order valence-corrected chi connectivity index (χ2v) is 15.7. The summed E-state index contributed by atoms with van der Waals surface area (Å²) in [4.78, 5) is 22.1. The van der Waals surface area contributed by atoms with Gasteiger partial charge >= 0.3 is 5.97 Å². The number of aliphatic hydroxyl groups excluding tert-OH is 1. The molecule has 1 unspecified atom stereocenters. The van der Waals surface area contributed by atoms with Crippen LogP contribution in [0, 0.1) is 30.9 Å². The molecule has 9 heteroatoms. The van der Waals surface area contributed by atoms with Gasteiger partial charge in [0.1, 0.15) is 17.9 Å². The van der Waals surface area contributed by atoms with E-state index in [1.807, 2.05) is 37.8 Å². The minimum atomic E-state index is -0.881. The van der Waals surface area contributed by atoms with Gasteiger partial charge in [-0.15, -0.1) is 0 Å². The fraction of sp³-hybridized carbons (Fsp3) is 0.455. The lowest BCUT2D eigenvalue weighted by molar-refractivity contribution is -0.142. The van der Waals surface area contributed by atoms with Crippen LogP contribution in [0.5, 0.6) is 0 Å². The summed E-state index contributed by atoms with van der Waals surface area (Å²) in [5, 5.41) is 20.0. The number of piperidine rings is 1. The van der Waals surface area contributed by atoms with Crippen LogP contribution in [-0.4, -0.2) is 59.2 Å². The number of carbonyl (C=O) groups is 1. The molecule has 1 saturated heterocycles. The molecule has 4 aromatic rings. The molecule has 0 aliphatic carbocycles. The van der Waals surface area contributed by atoms with Crippen molar-refractivity contribution in [2.24, 2.45) is 5.41 Å². The Morgan fingerprint density at radius 3 is 1.96 bits per heavy atom. The van der Waals surface area contributed by atoms with Crippen LogP contribution in [0.1, 0.15) is 82.5 Å². The molecule has 0 spiro atoms. The Kier molecular flexibility index (Phi) is 14.2. The molecule has 1 aliphatic rings. The maximum absolute atomic E-state index is 13.6. The molecule has 3 aromatic carbocycles. The number of pyridine rings is 1. The van der Waals surface area contributed by atoms with Gasteiger partial charge in [0.2, 0.25) is 0 Å². The van der Waals surface area contributed by atoms with Crippen molar-refractivity contribution in [3.8, 4) is 11.1 Å². The Bertz CT molecular complexity index is 1770. The minimum Gasteiger partial charge on any atom is -0.466 e. The molecule has 5 rings (SSSR count). The first-order valence-corrected chi connectivity index (χ1v) is 18.6. The molecule has 1 aromatic heterocycles. The SMILES string of the molecule is CC(C)(C)O.CCOC(=O)Cc1c(C)nc(C)c(-c2ccc(N(CCc3ccc(F)cc3)C(O)Cc3ccc(F)cc3)cc2)c1N1CCC(C)(C)CC1. The number of nitrogens with zero attached hydrogens (tertiary/aromatic N) is 3. The van der Waals surface area contributed by atoms with Crippen LogP contribution in [0.4, 0.5) is 20.2 Å². The molecule has 0 amide bonds. The van der Waals surface area contributed by atoms with Gasteiger partial charge in [-0.2, -0.15) is 0 Å². The van der Waals surface area contributed by atoms with Gasteiger partial charge in [-0.3, -0.25) is 9.78 Å². The molecule has 7 nitrogen and oxygen atoms in total. The van der Waals surface area contributed by atoms with Gasteiger partial charge in [-0.05, 0) is 119 Å². The van der Waals surface area contributed by atoms with E-state index in [9.17, 15) is 18.7 Å². The van der Waals surface area contributed by atoms with E-state index >= 15 is 0 Å². The first-order valence-electron chi connectivity index (χ1n) is 18.6. The fourth-order valence-corrected chi connectivity index (χ4v) is 6.58. The zero-order valence-corrected chi connectivity index (χ0v) is 32.7. The number of aryl methyl sites for hydroxylation is 2. The van der Waals surface area contributed by atoms with E-state index < -0.39 is 11.8 Å². The molecule has 286 valence electrons. The van der Waals surface area contributed by atoms with Gasteiger partial charge in [0.25, 0.3) is 0 Å². The molecular weight excluding hydrogens is 672 g/mol. The smallest absolute Gasteiger partial charge is 0.310 e. The van der Waals surface area contributed by atoms with Crippen LogP contribution >= 0.6 is 0 Å². The maximum atomic E-state index is 13.6. The highest BCUT2D eigenvalue weighted by atomic mass is 19.1. The van der Waals surface area contributed by atoms with Gasteiger partial charge in [-0.25, -0.2) is 8.78 Å². The second-order valence-electron chi connectivity index (χ2n) is 15.7. The third-order valence-corrected chi connectivity index (χ3v) is 9.45. The van der Waals surface area contributed by atoms with E-state index in [-0.39, 0.29) is 29.4 Å². The number of anilines is 2. The monoisotopic (exact) mass is 729 g/mol. The van der Waals surface area contributed by atoms with Crippen molar-refractivity contribution >= 4 is 17.3 Å². The lowest BCUT2D eigenvalue weighted by Crippen LogP contribution is -2.38. The number of carbonyl (C=O) groups excluding carboxylic acids is 1. The number of aliphatic hydroxyl groups is 2. The van der Waals surface area contributed by atoms with Gasteiger partial charge in [0.05, 0.1) is 24.3 Å². The van der Waals surface area contributed by atoms with E-state index in [4.69, 9.17) is 14.8 Å². The number of hydrogen-bond acceptors (Lipinski definition) is 7. The summed E-state index contributed by atoms with van der Waals surface area (Å²) in [5.41, 5.74) is 7.97. The van der Waals surface area contributed by atoms with Crippen molar-refractivity contribution in [1.82, 2.24) is 4.98 Å². The predicted octanol–water partition coefficient (Wildman–Crippen LogP) is 8.76. The molecule has 0 bridgehead atoms. The second kappa shape index (κ2) is 18.1. The molecule has 1 atom stereocenters. The van der Waals surface area contributed by atoms with E-state index in [1.54, 1.807) is 45.0 Å². The fourth-order valence-electron chi connectivity index (χ4n) is 6.58. The average molecular weight is 730 g/mol. The van der Waals surface area contributed by atoms with Crippen molar-refractivity contribution in [2.75, 3.05) is 36.0 Å². The van der Waals surface area contributed by atoms with Crippen LogP contribution < -0.4 is 9.80 Å². The quantitative estimate of drug-likeness (QED) is 0.111. The highest BCUT2D eigenvalue weighted by Crippen LogP contribution is 2.42. The van der Waals surface area contributed by atoms with Gasteiger partial charge < -0.3 is 24.7 Å². The number of hydrogen-bond donors (Lipinski definition) is 2. The third kappa shape index (κ3) is 12.4. The van der Waals surface area contributed by atoms with E-state index in [2.05, 4.69) is 30.9 Å². The van der Waals surface area contributed by atoms with Gasteiger partial charge in [-0.1, -0.05) is 50.2 Å². The van der Waals surface area contributed by atoms with Crippen LogP contribution in [0.3, 0.4) is 0 Å². The molecule has 0 radical (unpaired) electrons. The van der Waals surface area contributed by atoms with Crippen molar-refractivity contribution in [2.45, 2.75) is 99.3 Å². The van der Waals surface area contributed by atoms with Crippen LogP contribution in [0.15, 0.2) is 72.8 Å². The molecular formula is C44H57F2N3O4. The highest BCUT2D eigenvalue weighted by Gasteiger charge is 2.30. The topological polar surface area (TPSA) is 86.1 Å². The number of rotatable bonds is 12. The standard InChI is InChI=1S/C40H47F2N3O3.C4H10O/c1-6-48-37(47)26-35-27(2)43-28(3)38(39(35)44-23-20-40(4,5)21-24-44)31-11-17-34(18-12-31)45(22-19-29-7-13-32(41)14-8-29)36(46)25-30-9-15-33(42)16-10-30;1-4(2,3)5/h7-18,36,46H,6,19-26H2,1-5H3;5H,1-3H3. The Morgan fingerprint density at radius 1 is 0.906 bits per heavy atom. The maximum Gasteiger partial charge on any atom is 0.310 e. The first kappa shape index (κ1) is 41.4. The van der Waals surface area contributed by atoms with Crippen molar-refractivity contribution in [3.63, 3.8) is 0 Å². The molecule has 1 fully saturated rings. The Labute approximate surface area is 314 Å². The normalized spacial score (nSPS) is 14.6. The van der Waals surface area contributed by atoms with Crippen molar-refractivity contribution in [3.05, 3.63) is 113 Å². The lowest BCUT2D eigenvalue weighted by atomic mass is 9.82. The number of ether oxygens (including phenoxy) is 1. The summed E-state index contributed by atoms with van der Waals surface area (Å²) in [6, 6.07) is 20.7. The minimum absolute atomic E-state index is 0.153. The number of esters is 1. The van der Waals surface area contributed by atoms with Gasteiger partial charge in [0, 0.05) is 54.3 Å². The van der Waals surface area contributed by atoms with E-state index in [0.717, 1.165) is 76.5 Å². The molecule has 53 heavy (non-hydrogen) atoms. The molecule has 2 heterocycles. The lowest BCUT2D eigenvalue weighted by Gasteiger charge is -2.40. The van der Waals surface area contributed by atoms with Crippen LogP contribution in [-0.2, 0) is 28.8 Å².